The van der Waals surface area contributed by atoms with Gasteiger partial charge in [0.1, 0.15) is 0 Å². The fraction of sp³-hybridized carbons (Fsp3) is 0.917. The SMILES string of the molecule is CC(C)OCC1CCNC(C(=O)N(C)C)C1. The molecule has 1 rings (SSSR count). The summed E-state index contributed by atoms with van der Waals surface area (Å²) in [5.41, 5.74) is 0. The third-order valence-corrected chi connectivity index (χ3v) is 2.92. The van der Waals surface area contributed by atoms with Crippen molar-refractivity contribution in [1.29, 1.82) is 0 Å². The van der Waals surface area contributed by atoms with E-state index in [1.54, 1.807) is 19.0 Å². The quantitative estimate of drug-likeness (QED) is 0.776. The summed E-state index contributed by atoms with van der Waals surface area (Å²) in [6, 6.07) is -0.0236. The Bertz CT molecular complexity index is 229. The van der Waals surface area contributed by atoms with Crippen LogP contribution in [0.25, 0.3) is 0 Å². The first-order chi connectivity index (χ1) is 7.50. The van der Waals surface area contributed by atoms with Gasteiger partial charge in [-0.2, -0.15) is 0 Å². The molecule has 1 aliphatic rings. The number of carbonyl (C=O) groups excluding carboxylic acids is 1. The molecule has 0 aromatic carbocycles. The molecule has 0 saturated carbocycles. The number of hydrogen-bond donors (Lipinski definition) is 1. The van der Waals surface area contributed by atoms with Crippen LogP contribution in [0, 0.1) is 5.92 Å². The van der Waals surface area contributed by atoms with Crippen LogP contribution in [0.4, 0.5) is 0 Å². The van der Waals surface area contributed by atoms with E-state index in [9.17, 15) is 4.79 Å². The van der Waals surface area contributed by atoms with Gasteiger partial charge in [0, 0.05) is 20.7 Å². The number of rotatable bonds is 4. The summed E-state index contributed by atoms with van der Waals surface area (Å²) in [7, 11) is 3.61. The van der Waals surface area contributed by atoms with Crippen LogP contribution in [0.2, 0.25) is 0 Å². The first-order valence-electron chi connectivity index (χ1n) is 6.07. The van der Waals surface area contributed by atoms with Crippen LogP contribution in [0.3, 0.4) is 0 Å². The lowest BCUT2D eigenvalue weighted by atomic mass is 9.92. The Morgan fingerprint density at radius 1 is 1.50 bits per heavy atom. The van der Waals surface area contributed by atoms with Crippen LogP contribution < -0.4 is 5.32 Å². The lowest BCUT2D eigenvalue weighted by Crippen LogP contribution is -2.48. The van der Waals surface area contributed by atoms with Crippen LogP contribution >= 0.6 is 0 Å². The Hall–Kier alpha value is -0.610. The van der Waals surface area contributed by atoms with Gasteiger partial charge in [0.25, 0.3) is 0 Å². The van der Waals surface area contributed by atoms with E-state index < -0.39 is 0 Å². The molecule has 0 aromatic heterocycles. The summed E-state index contributed by atoms with van der Waals surface area (Å²) in [5.74, 6) is 0.687. The molecule has 1 amide bonds. The Morgan fingerprint density at radius 3 is 2.75 bits per heavy atom. The second kappa shape index (κ2) is 6.21. The number of amides is 1. The second-order valence-electron chi connectivity index (χ2n) is 5.01. The summed E-state index contributed by atoms with van der Waals surface area (Å²) in [6.45, 7) is 5.78. The zero-order valence-corrected chi connectivity index (χ0v) is 10.8. The van der Waals surface area contributed by atoms with Crippen molar-refractivity contribution in [2.24, 2.45) is 5.92 Å². The molecule has 0 bridgehead atoms. The predicted octanol–water partition coefficient (Wildman–Crippen LogP) is 0.868. The molecule has 16 heavy (non-hydrogen) atoms. The Balaban J connectivity index is 2.38. The van der Waals surface area contributed by atoms with E-state index >= 15 is 0 Å². The minimum absolute atomic E-state index is 0.0236. The highest BCUT2D eigenvalue weighted by molar-refractivity contribution is 5.81. The monoisotopic (exact) mass is 228 g/mol. The van der Waals surface area contributed by atoms with Gasteiger partial charge in [-0.3, -0.25) is 4.79 Å². The van der Waals surface area contributed by atoms with E-state index in [1.807, 2.05) is 13.8 Å². The molecule has 1 fully saturated rings. The molecule has 0 radical (unpaired) electrons. The number of carbonyl (C=O) groups is 1. The summed E-state index contributed by atoms with van der Waals surface area (Å²) in [6.07, 6.45) is 2.27. The number of nitrogens with one attached hydrogen (secondary N) is 1. The highest BCUT2D eigenvalue weighted by Gasteiger charge is 2.27. The van der Waals surface area contributed by atoms with Crippen molar-refractivity contribution in [3.05, 3.63) is 0 Å². The first-order valence-corrected chi connectivity index (χ1v) is 6.07. The summed E-state index contributed by atoms with van der Waals surface area (Å²) < 4.78 is 5.62. The van der Waals surface area contributed by atoms with Gasteiger partial charge in [-0.05, 0) is 39.2 Å². The maximum atomic E-state index is 11.8. The van der Waals surface area contributed by atoms with Gasteiger partial charge in [-0.1, -0.05) is 0 Å². The largest absolute Gasteiger partial charge is 0.379 e. The molecule has 4 nitrogen and oxygen atoms in total. The van der Waals surface area contributed by atoms with Crippen LogP contribution in [-0.4, -0.2) is 50.2 Å². The predicted molar refractivity (Wildman–Crippen MR) is 64.3 cm³/mol. The summed E-state index contributed by atoms with van der Waals surface area (Å²) in [4.78, 5) is 13.5. The van der Waals surface area contributed by atoms with Gasteiger partial charge in [0.05, 0.1) is 12.1 Å². The number of ether oxygens (including phenoxy) is 1. The number of piperidine rings is 1. The van der Waals surface area contributed by atoms with E-state index in [0.717, 1.165) is 26.0 Å². The fourth-order valence-corrected chi connectivity index (χ4v) is 1.98. The molecule has 1 N–H and O–H groups in total. The van der Waals surface area contributed by atoms with Crippen molar-refractivity contribution >= 4 is 5.91 Å². The lowest BCUT2D eigenvalue weighted by molar-refractivity contribution is -0.132. The molecule has 1 heterocycles. The number of hydrogen-bond acceptors (Lipinski definition) is 3. The molecule has 4 heteroatoms. The van der Waals surface area contributed by atoms with Crippen LogP contribution in [0.15, 0.2) is 0 Å². The number of likely N-dealkylation sites (N-methyl/N-ethyl adjacent to an activating group) is 1. The topological polar surface area (TPSA) is 41.6 Å². The van der Waals surface area contributed by atoms with Crippen molar-refractivity contribution in [2.45, 2.75) is 38.8 Å². The third kappa shape index (κ3) is 4.10. The van der Waals surface area contributed by atoms with Gasteiger partial charge in [0.2, 0.25) is 5.91 Å². The van der Waals surface area contributed by atoms with Crippen molar-refractivity contribution in [3.8, 4) is 0 Å². The molecular weight excluding hydrogens is 204 g/mol. The zero-order valence-electron chi connectivity index (χ0n) is 10.8. The van der Waals surface area contributed by atoms with E-state index in [1.165, 1.54) is 0 Å². The maximum absolute atomic E-state index is 11.8. The maximum Gasteiger partial charge on any atom is 0.239 e. The van der Waals surface area contributed by atoms with Gasteiger partial charge in [0.15, 0.2) is 0 Å². The fourth-order valence-electron chi connectivity index (χ4n) is 1.98. The molecule has 0 aromatic rings. The first kappa shape index (κ1) is 13.5. The van der Waals surface area contributed by atoms with Gasteiger partial charge >= 0.3 is 0 Å². The Morgan fingerprint density at radius 2 is 2.19 bits per heavy atom. The molecule has 2 unspecified atom stereocenters. The zero-order chi connectivity index (χ0) is 12.1. The third-order valence-electron chi connectivity index (χ3n) is 2.92. The average molecular weight is 228 g/mol. The van der Waals surface area contributed by atoms with E-state index in [4.69, 9.17) is 4.74 Å². The van der Waals surface area contributed by atoms with E-state index in [-0.39, 0.29) is 18.1 Å². The molecule has 1 saturated heterocycles. The Kier molecular flexibility index (Phi) is 5.22. The normalized spacial score (nSPS) is 25.8. The molecule has 0 spiro atoms. The Labute approximate surface area is 98.3 Å². The van der Waals surface area contributed by atoms with Gasteiger partial charge < -0.3 is 15.0 Å². The molecular formula is C12H24N2O2. The highest BCUT2D eigenvalue weighted by Crippen LogP contribution is 2.18. The molecule has 2 atom stereocenters. The summed E-state index contributed by atoms with van der Waals surface area (Å²) >= 11 is 0. The van der Waals surface area contributed by atoms with E-state index in [0.29, 0.717) is 5.92 Å². The molecule has 0 aliphatic carbocycles. The van der Waals surface area contributed by atoms with Crippen LogP contribution in [-0.2, 0) is 9.53 Å². The minimum atomic E-state index is -0.0236. The number of nitrogens with zero attached hydrogens (tertiary/aromatic N) is 1. The van der Waals surface area contributed by atoms with Crippen LogP contribution in [0.1, 0.15) is 26.7 Å². The minimum Gasteiger partial charge on any atom is -0.379 e. The molecule has 94 valence electrons. The van der Waals surface area contributed by atoms with Crippen molar-refractivity contribution < 1.29 is 9.53 Å². The highest BCUT2D eigenvalue weighted by atomic mass is 16.5. The van der Waals surface area contributed by atoms with Gasteiger partial charge in [-0.15, -0.1) is 0 Å². The molecule has 1 aliphatic heterocycles. The van der Waals surface area contributed by atoms with E-state index in [2.05, 4.69) is 5.32 Å². The smallest absolute Gasteiger partial charge is 0.239 e. The summed E-state index contributed by atoms with van der Waals surface area (Å²) in [5, 5.41) is 3.27. The van der Waals surface area contributed by atoms with Crippen molar-refractivity contribution in [3.63, 3.8) is 0 Å². The lowest BCUT2D eigenvalue weighted by Gasteiger charge is -2.31. The van der Waals surface area contributed by atoms with Crippen molar-refractivity contribution in [1.82, 2.24) is 10.2 Å². The van der Waals surface area contributed by atoms with Crippen molar-refractivity contribution in [2.75, 3.05) is 27.2 Å². The van der Waals surface area contributed by atoms with Gasteiger partial charge in [-0.25, -0.2) is 0 Å². The standard InChI is InChI=1S/C12H24N2O2/c1-9(2)16-8-10-5-6-13-11(7-10)12(15)14(3)4/h9-11,13H,5-8H2,1-4H3. The van der Waals surface area contributed by atoms with Crippen LogP contribution in [0.5, 0.6) is 0 Å². The average Bonchev–Trinajstić information content (AvgIpc) is 2.25. The second-order valence-corrected chi connectivity index (χ2v) is 5.01.